The molecule has 0 rings (SSSR count). The molecular weight excluding hydrogens is 162 g/mol. The number of unbranched alkanes of at least 4 members (excludes halogenated alkanes) is 1. The highest BCUT2D eigenvalue weighted by Crippen LogP contribution is 2.17. The first-order valence-corrected chi connectivity index (χ1v) is 5.25. The largest absolute Gasteiger partial charge is 0.329 e. The van der Waals surface area contributed by atoms with Gasteiger partial charge in [-0.15, -0.1) is 0 Å². The summed E-state index contributed by atoms with van der Waals surface area (Å²) in [5, 5.41) is 2.01. The Hall–Kier alpha value is -0.120. The minimum absolute atomic E-state index is 0.111. The fourth-order valence-electron chi connectivity index (χ4n) is 1.59. The van der Waals surface area contributed by atoms with Gasteiger partial charge in [0.2, 0.25) is 0 Å². The molecule has 0 amide bonds. The summed E-state index contributed by atoms with van der Waals surface area (Å²) in [4.78, 5) is 0. The van der Waals surface area contributed by atoms with Gasteiger partial charge < -0.3 is 5.73 Å². The van der Waals surface area contributed by atoms with Crippen LogP contribution in [0.2, 0.25) is 0 Å². The summed E-state index contributed by atoms with van der Waals surface area (Å²) >= 11 is 0. The number of hydrogen-bond donors (Lipinski definition) is 2. The van der Waals surface area contributed by atoms with Crippen LogP contribution >= 0.6 is 0 Å². The predicted molar refractivity (Wildman–Crippen MR) is 58.4 cm³/mol. The lowest BCUT2D eigenvalue weighted by Gasteiger charge is -2.35. The molecule has 0 aliphatic carbocycles. The summed E-state index contributed by atoms with van der Waals surface area (Å²) < 4.78 is 0. The maximum Gasteiger partial charge on any atom is 0.0445 e. The van der Waals surface area contributed by atoms with Crippen LogP contribution in [0.3, 0.4) is 0 Å². The minimum atomic E-state index is 0.111. The molecular formula is C10H25N3. The fourth-order valence-corrected chi connectivity index (χ4v) is 1.59. The number of hydrogen-bond acceptors (Lipinski definition) is 3. The standard InChI is InChI=1S/C10H25N3/c1-5-7-8-10(6-2,9-11)12-13(3)4/h12H,5-9,11H2,1-4H3. The van der Waals surface area contributed by atoms with E-state index in [1.807, 2.05) is 19.1 Å². The van der Waals surface area contributed by atoms with Crippen molar-refractivity contribution in [2.24, 2.45) is 5.73 Å². The van der Waals surface area contributed by atoms with E-state index >= 15 is 0 Å². The van der Waals surface area contributed by atoms with Gasteiger partial charge in [0.25, 0.3) is 0 Å². The summed E-state index contributed by atoms with van der Waals surface area (Å²) in [7, 11) is 4.04. The van der Waals surface area contributed by atoms with Crippen molar-refractivity contribution in [2.45, 2.75) is 45.1 Å². The quantitative estimate of drug-likeness (QED) is 0.591. The highest BCUT2D eigenvalue weighted by molar-refractivity contribution is 4.85. The Bertz CT molecular complexity index is 119. The van der Waals surface area contributed by atoms with Gasteiger partial charge in [0, 0.05) is 26.2 Å². The first kappa shape index (κ1) is 12.9. The topological polar surface area (TPSA) is 41.3 Å². The first-order chi connectivity index (χ1) is 6.10. The van der Waals surface area contributed by atoms with Crippen molar-refractivity contribution in [1.29, 1.82) is 0 Å². The van der Waals surface area contributed by atoms with Crippen molar-refractivity contribution in [2.75, 3.05) is 20.6 Å². The van der Waals surface area contributed by atoms with Crippen molar-refractivity contribution in [1.82, 2.24) is 10.4 Å². The monoisotopic (exact) mass is 187 g/mol. The lowest BCUT2D eigenvalue weighted by molar-refractivity contribution is 0.146. The maximum atomic E-state index is 5.82. The van der Waals surface area contributed by atoms with Crippen LogP contribution < -0.4 is 11.2 Å². The lowest BCUT2D eigenvalue weighted by atomic mass is 9.90. The van der Waals surface area contributed by atoms with Gasteiger partial charge >= 0.3 is 0 Å². The van der Waals surface area contributed by atoms with Gasteiger partial charge in [0.05, 0.1) is 0 Å². The molecule has 0 spiro atoms. The van der Waals surface area contributed by atoms with E-state index in [-0.39, 0.29) is 5.54 Å². The molecule has 0 aromatic carbocycles. The van der Waals surface area contributed by atoms with Gasteiger partial charge in [0.15, 0.2) is 0 Å². The Kier molecular flexibility index (Phi) is 6.29. The molecule has 0 heterocycles. The van der Waals surface area contributed by atoms with Crippen LogP contribution in [0.25, 0.3) is 0 Å². The van der Waals surface area contributed by atoms with Gasteiger partial charge in [-0.1, -0.05) is 26.7 Å². The Morgan fingerprint density at radius 2 is 1.92 bits per heavy atom. The smallest absolute Gasteiger partial charge is 0.0445 e. The molecule has 0 bridgehead atoms. The summed E-state index contributed by atoms with van der Waals surface area (Å²) in [5.41, 5.74) is 9.36. The van der Waals surface area contributed by atoms with Gasteiger partial charge in [0.1, 0.15) is 0 Å². The lowest BCUT2D eigenvalue weighted by Crippen LogP contribution is -2.55. The van der Waals surface area contributed by atoms with E-state index < -0.39 is 0 Å². The highest BCUT2D eigenvalue weighted by atomic mass is 15.5. The normalized spacial score (nSPS) is 16.2. The Morgan fingerprint density at radius 3 is 2.23 bits per heavy atom. The molecule has 0 aliphatic rings. The molecule has 13 heavy (non-hydrogen) atoms. The molecule has 0 saturated heterocycles. The molecule has 0 saturated carbocycles. The highest BCUT2D eigenvalue weighted by Gasteiger charge is 2.25. The van der Waals surface area contributed by atoms with E-state index in [4.69, 9.17) is 5.73 Å². The SMILES string of the molecule is CCCCC(CC)(CN)NN(C)C. The van der Waals surface area contributed by atoms with E-state index in [9.17, 15) is 0 Å². The summed E-state index contributed by atoms with van der Waals surface area (Å²) in [5.74, 6) is 0. The second kappa shape index (κ2) is 6.35. The van der Waals surface area contributed by atoms with Crippen molar-refractivity contribution < 1.29 is 0 Å². The average Bonchev–Trinajstić information content (AvgIpc) is 2.12. The Balaban J connectivity index is 4.13. The van der Waals surface area contributed by atoms with Crippen LogP contribution in [0.15, 0.2) is 0 Å². The van der Waals surface area contributed by atoms with Crippen LogP contribution in [0, 0.1) is 0 Å². The van der Waals surface area contributed by atoms with Crippen molar-refractivity contribution in [3.63, 3.8) is 0 Å². The summed E-state index contributed by atoms with van der Waals surface area (Å²) in [6.45, 7) is 5.12. The first-order valence-electron chi connectivity index (χ1n) is 5.25. The van der Waals surface area contributed by atoms with E-state index in [2.05, 4.69) is 19.3 Å². The molecule has 0 radical (unpaired) electrons. The van der Waals surface area contributed by atoms with Gasteiger partial charge in [-0.2, -0.15) is 0 Å². The third-order valence-corrected chi connectivity index (χ3v) is 2.54. The number of hydrazine groups is 1. The Labute approximate surface area is 82.6 Å². The summed E-state index contributed by atoms with van der Waals surface area (Å²) in [6.07, 6.45) is 4.72. The molecule has 0 aromatic heterocycles. The van der Waals surface area contributed by atoms with Crippen LogP contribution in [-0.4, -0.2) is 31.2 Å². The van der Waals surface area contributed by atoms with Crippen LogP contribution in [-0.2, 0) is 0 Å². The minimum Gasteiger partial charge on any atom is -0.329 e. The van der Waals surface area contributed by atoms with Gasteiger partial charge in [-0.3, -0.25) is 5.01 Å². The predicted octanol–water partition coefficient (Wildman–Crippen LogP) is 1.35. The molecule has 80 valence electrons. The van der Waals surface area contributed by atoms with E-state index in [1.165, 1.54) is 12.8 Å². The zero-order chi connectivity index (χ0) is 10.3. The molecule has 1 atom stereocenters. The maximum absolute atomic E-state index is 5.82. The van der Waals surface area contributed by atoms with Crippen molar-refractivity contribution >= 4 is 0 Å². The van der Waals surface area contributed by atoms with Crippen molar-refractivity contribution in [3.05, 3.63) is 0 Å². The second-order valence-electron chi connectivity index (χ2n) is 3.95. The Morgan fingerprint density at radius 1 is 1.31 bits per heavy atom. The molecule has 3 nitrogen and oxygen atoms in total. The average molecular weight is 187 g/mol. The molecule has 3 N–H and O–H groups in total. The molecule has 1 unspecified atom stereocenters. The van der Waals surface area contributed by atoms with Gasteiger partial charge in [-0.05, 0) is 12.8 Å². The second-order valence-corrected chi connectivity index (χ2v) is 3.95. The zero-order valence-electron chi connectivity index (χ0n) is 9.56. The van der Waals surface area contributed by atoms with E-state index in [1.54, 1.807) is 0 Å². The fraction of sp³-hybridized carbons (Fsp3) is 1.00. The summed E-state index contributed by atoms with van der Waals surface area (Å²) in [6, 6.07) is 0. The van der Waals surface area contributed by atoms with Gasteiger partial charge in [-0.25, -0.2) is 5.43 Å². The van der Waals surface area contributed by atoms with Crippen molar-refractivity contribution in [3.8, 4) is 0 Å². The van der Waals surface area contributed by atoms with E-state index in [0.29, 0.717) is 6.54 Å². The number of nitrogens with zero attached hydrogens (tertiary/aromatic N) is 1. The number of rotatable bonds is 7. The van der Waals surface area contributed by atoms with Crippen LogP contribution in [0.5, 0.6) is 0 Å². The third kappa shape index (κ3) is 4.60. The molecule has 0 aromatic rings. The van der Waals surface area contributed by atoms with Crippen LogP contribution in [0.1, 0.15) is 39.5 Å². The van der Waals surface area contributed by atoms with Crippen LogP contribution in [0.4, 0.5) is 0 Å². The molecule has 0 fully saturated rings. The number of nitrogens with one attached hydrogen (secondary N) is 1. The molecule has 3 heteroatoms. The van der Waals surface area contributed by atoms with E-state index in [0.717, 1.165) is 12.8 Å². The third-order valence-electron chi connectivity index (χ3n) is 2.54. The molecule has 0 aliphatic heterocycles. The zero-order valence-corrected chi connectivity index (χ0v) is 9.56. The number of nitrogens with two attached hydrogens (primary N) is 1.